The van der Waals surface area contributed by atoms with Crippen LogP contribution in [0.4, 0.5) is 0 Å². The molecular weight excluding hydrogens is 222 g/mol. The van der Waals surface area contributed by atoms with E-state index >= 15 is 0 Å². The van der Waals surface area contributed by atoms with Crippen LogP contribution in [0.3, 0.4) is 0 Å². The fourth-order valence-electron chi connectivity index (χ4n) is 2.65. The second-order valence-electron chi connectivity index (χ2n) is 5.81. The van der Waals surface area contributed by atoms with Gasteiger partial charge in [-0.1, -0.05) is 29.8 Å². The Morgan fingerprint density at radius 1 is 1.33 bits per heavy atom. The molecule has 0 saturated carbocycles. The zero-order chi connectivity index (χ0) is 13.0. The lowest BCUT2D eigenvalue weighted by Gasteiger charge is -2.26. The van der Waals surface area contributed by atoms with E-state index in [4.69, 9.17) is 10.5 Å². The maximum Gasteiger partial charge on any atom is 0.0576 e. The van der Waals surface area contributed by atoms with E-state index in [2.05, 4.69) is 38.1 Å². The van der Waals surface area contributed by atoms with Gasteiger partial charge in [-0.3, -0.25) is 0 Å². The second-order valence-corrected chi connectivity index (χ2v) is 5.81. The molecule has 0 radical (unpaired) electrons. The molecule has 2 nitrogen and oxygen atoms in total. The molecule has 1 saturated heterocycles. The Balaban J connectivity index is 1.84. The van der Waals surface area contributed by atoms with Crippen LogP contribution in [-0.2, 0) is 10.3 Å². The van der Waals surface area contributed by atoms with Gasteiger partial charge in [-0.15, -0.1) is 0 Å². The summed E-state index contributed by atoms with van der Waals surface area (Å²) in [6.07, 6.45) is 6.26. The number of benzene rings is 1. The van der Waals surface area contributed by atoms with Gasteiger partial charge >= 0.3 is 0 Å². The minimum Gasteiger partial charge on any atom is -0.378 e. The van der Waals surface area contributed by atoms with Crippen molar-refractivity contribution in [3.05, 3.63) is 35.4 Å². The molecule has 2 atom stereocenters. The summed E-state index contributed by atoms with van der Waals surface area (Å²) in [7, 11) is 0. The van der Waals surface area contributed by atoms with Crippen LogP contribution in [0.15, 0.2) is 24.3 Å². The molecule has 2 N–H and O–H groups in total. The van der Waals surface area contributed by atoms with E-state index in [0.717, 1.165) is 25.9 Å². The van der Waals surface area contributed by atoms with Crippen molar-refractivity contribution < 1.29 is 4.74 Å². The van der Waals surface area contributed by atoms with E-state index in [0.29, 0.717) is 6.10 Å². The molecule has 0 aromatic heterocycles. The molecule has 2 unspecified atom stereocenters. The molecule has 1 aromatic carbocycles. The summed E-state index contributed by atoms with van der Waals surface area (Å²) in [6.45, 7) is 5.19. The van der Waals surface area contributed by atoms with Crippen molar-refractivity contribution in [2.75, 3.05) is 6.61 Å². The molecule has 1 aliphatic rings. The highest BCUT2D eigenvalue weighted by atomic mass is 16.5. The molecular formula is C16H25NO. The van der Waals surface area contributed by atoms with Gasteiger partial charge in [0.1, 0.15) is 0 Å². The van der Waals surface area contributed by atoms with E-state index in [1.165, 1.54) is 24.0 Å². The minimum atomic E-state index is -0.216. The summed E-state index contributed by atoms with van der Waals surface area (Å²) in [5.41, 5.74) is 8.74. The lowest BCUT2D eigenvalue weighted by molar-refractivity contribution is 0.100. The van der Waals surface area contributed by atoms with Crippen LogP contribution in [0.1, 0.15) is 50.2 Å². The van der Waals surface area contributed by atoms with Crippen LogP contribution in [-0.4, -0.2) is 12.7 Å². The molecule has 0 bridgehead atoms. The molecule has 100 valence electrons. The van der Waals surface area contributed by atoms with Crippen LogP contribution in [0, 0.1) is 6.92 Å². The van der Waals surface area contributed by atoms with E-state index in [9.17, 15) is 0 Å². The van der Waals surface area contributed by atoms with Gasteiger partial charge in [0.25, 0.3) is 0 Å². The van der Waals surface area contributed by atoms with Gasteiger partial charge in [-0.05, 0) is 51.5 Å². The van der Waals surface area contributed by atoms with Crippen molar-refractivity contribution in [3.8, 4) is 0 Å². The summed E-state index contributed by atoms with van der Waals surface area (Å²) in [5, 5.41) is 0. The number of hydrogen-bond donors (Lipinski definition) is 1. The van der Waals surface area contributed by atoms with Crippen LogP contribution < -0.4 is 5.73 Å². The smallest absolute Gasteiger partial charge is 0.0576 e. The number of aryl methyl sites for hydroxylation is 1. The Labute approximate surface area is 111 Å². The largest absolute Gasteiger partial charge is 0.378 e. The average molecular weight is 247 g/mol. The Kier molecular flexibility index (Phi) is 4.41. The van der Waals surface area contributed by atoms with Gasteiger partial charge in [-0.25, -0.2) is 0 Å². The third-order valence-electron chi connectivity index (χ3n) is 3.96. The first-order valence-electron chi connectivity index (χ1n) is 7.05. The molecule has 0 amide bonds. The third kappa shape index (κ3) is 3.56. The monoisotopic (exact) mass is 247 g/mol. The third-order valence-corrected chi connectivity index (χ3v) is 3.96. The molecule has 1 aromatic rings. The zero-order valence-electron chi connectivity index (χ0n) is 11.6. The summed E-state index contributed by atoms with van der Waals surface area (Å²) in [6, 6.07) is 8.59. The fourth-order valence-corrected chi connectivity index (χ4v) is 2.65. The summed E-state index contributed by atoms with van der Waals surface area (Å²) in [4.78, 5) is 0. The Hall–Kier alpha value is -0.860. The summed E-state index contributed by atoms with van der Waals surface area (Å²) >= 11 is 0. The number of rotatable bonds is 5. The molecule has 18 heavy (non-hydrogen) atoms. The summed E-state index contributed by atoms with van der Waals surface area (Å²) < 4.78 is 5.65. The van der Waals surface area contributed by atoms with Crippen LogP contribution in [0.25, 0.3) is 0 Å². The second kappa shape index (κ2) is 5.85. The minimum absolute atomic E-state index is 0.216. The predicted octanol–water partition coefficient (Wildman–Crippen LogP) is 3.52. The van der Waals surface area contributed by atoms with Gasteiger partial charge < -0.3 is 10.5 Å². The molecule has 0 aliphatic carbocycles. The van der Waals surface area contributed by atoms with E-state index in [1.807, 2.05) is 0 Å². The number of ether oxygens (including phenoxy) is 1. The van der Waals surface area contributed by atoms with Crippen LogP contribution in [0.5, 0.6) is 0 Å². The highest BCUT2D eigenvalue weighted by molar-refractivity contribution is 5.26. The SMILES string of the molecule is Cc1ccc(C(C)(N)CCCC2CCCO2)cc1. The average Bonchev–Trinajstić information content (AvgIpc) is 2.82. The molecule has 1 fully saturated rings. The standard InChI is InChI=1S/C16H25NO/c1-13-7-9-14(10-8-13)16(2,17)11-3-5-15-6-4-12-18-15/h7-10,15H,3-6,11-12,17H2,1-2H3. The Morgan fingerprint density at radius 3 is 2.67 bits per heavy atom. The number of hydrogen-bond acceptors (Lipinski definition) is 2. The Morgan fingerprint density at radius 2 is 2.06 bits per heavy atom. The van der Waals surface area contributed by atoms with Crippen molar-refractivity contribution in [1.29, 1.82) is 0 Å². The van der Waals surface area contributed by atoms with E-state index < -0.39 is 0 Å². The summed E-state index contributed by atoms with van der Waals surface area (Å²) in [5.74, 6) is 0. The highest BCUT2D eigenvalue weighted by Gasteiger charge is 2.22. The molecule has 1 aliphatic heterocycles. The fraction of sp³-hybridized carbons (Fsp3) is 0.625. The van der Waals surface area contributed by atoms with Gasteiger partial charge in [0.2, 0.25) is 0 Å². The predicted molar refractivity (Wildman–Crippen MR) is 75.5 cm³/mol. The first-order chi connectivity index (χ1) is 8.58. The number of nitrogens with two attached hydrogens (primary N) is 1. The van der Waals surface area contributed by atoms with Crippen molar-refractivity contribution in [3.63, 3.8) is 0 Å². The maximum absolute atomic E-state index is 6.43. The van der Waals surface area contributed by atoms with Gasteiger partial charge in [0.15, 0.2) is 0 Å². The van der Waals surface area contributed by atoms with Crippen LogP contribution >= 0.6 is 0 Å². The molecule has 0 spiro atoms. The molecule has 2 rings (SSSR count). The van der Waals surface area contributed by atoms with Gasteiger partial charge in [-0.2, -0.15) is 0 Å². The topological polar surface area (TPSA) is 35.2 Å². The first-order valence-corrected chi connectivity index (χ1v) is 7.05. The lowest BCUT2D eigenvalue weighted by Crippen LogP contribution is -2.33. The molecule has 2 heteroatoms. The first kappa shape index (κ1) is 13.6. The van der Waals surface area contributed by atoms with Crippen molar-refractivity contribution in [2.24, 2.45) is 5.73 Å². The van der Waals surface area contributed by atoms with E-state index in [-0.39, 0.29) is 5.54 Å². The van der Waals surface area contributed by atoms with E-state index in [1.54, 1.807) is 0 Å². The van der Waals surface area contributed by atoms with Gasteiger partial charge in [0.05, 0.1) is 6.10 Å². The lowest BCUT2D eigenvalue weighted by atomic mass is 9.87. The normalized spacial score (nSPS) is 22.9. The van der Waals surface area contributed by atoms with Crippen molar-refractivity contribution in [1.82, 2.24) is 0 Å². The highest BCUT2D eigenvalue weighted by Crippen LogP contribution is 2.26. The maximum atomic E-state index is 6.43. The van der Waals surface area contributed by atoms with Crippen LogP contribution in [0.2, 0.25) is 0 Å². The quantitative estimate of drug-likeness (QED) is 0.864. The van der Waals surface area contributed by atoms with Crippen molar-refractivity contribution >= 4 is 0 Å². The molecule has 1 heterocycles. The zero-order valence-corrected chi connectivity index (χ0v) is 11.6. The van der Waals surface area contributed by atoms with Gasteiger partial charge in [0, 0.05) is 12.1 Å². The van der Waals surface area contributed by atoms with Crippen molar-refractivity contribution in [2.45, 2.75) is 57.6 Å². The Bertz CT molecular complexity index is 363.